The van der Waals surface area contributed by atoms with Gasteiger partial charge in [-0.15, -0.1) is 0 Å². The SMILES string of the molecule is C=CCOc1ccccc1OCC(O)CCC(C)C. The van der Waals surface area contributed by atoms with Crippen LogP contribution in [-0.4, -0.2) is 24.4 Å². The van der Waals surface area contributed by atoms with Crippen molar-refractivity contribution in [3.8, 4) is 11.5 Å². The Hall–Kier alpha value is -1.48. The molecule has 0 saturated carbocycles. The fraction of sp³-hybridized carbons (Fsp3) is 0.500. The first kappa shape index (κ1) is 15.6. The Morgan fingerprint density at radius 2 is 1.79 bits per heavy atom. The van der Waals surface area contributed by atoms with Crippen LogP contribution in [0.1, 0.15) is 26.7 Å². The summed E-state index contributed by atoms with van der Waals surface area (Å²) in [5, 5.41) is 9.84. The average Bonchev–Trinajstić information content (AvgIpc) is 2.41. The second-order valence-electron chi connectivity index (χ2n) is 4.98. The predicted molar refractivity (Wildman–Crippen MR) is 77.7 cm³/mol. The van der Waals surface area contributed by atoms with E-state index in [9.17, 15) is 5.11 Å². The minimum atomic E-state index is -0.435. The molecule has 106 valence electrons. The third kappa shape index (κ3) is 6.30. The molecule has 0 bridgehead atoms. The quantitative estimate of drug-likeness (QED) is 0.694. The number of aliphatic hydroxyl groups is 1. The van der Waals surface area contributed by atoms with Gasteiger partial charge in [0.05, 0.1) is 6.10 Å². The normalized spacial score (nSPS) is 12.2. The fourth-order valence-electron chi connectivity index (χ4n) is 1.63. The van der Waals surface area contributed by atoms with Gasteiger partial charge < -0.3 is 14.6 Å². The van der Waals surface area contributed by atoms with Crippen molar-refractivity contribution in [2.45, 2.75) is 32.8 Å². The summed E-state index contributed by atoms with van der Waals surface area (Å²) in [4.78, 5) is 0. The molecule has 1 atom stereocenters. The van der Waals surface area contributed by atoms with E-state index in [2.05, 4.69) is 20.4 Å². The third-order valence-electron chi connectivity index (χ3n) is 2.71. The summed E-state index contributed by atoms with van der Waals surface area (Å²) in [6.07, 6.45) is 3.01. The number of hydrogen-bond donors (Lipinski definition) is 1. The minimum Gasteiger partial charge on any atom is -0.487 e. The molecule has 1 unspecified atom stereocenters. The molecule has 0 radical (unpaired) electrons. The zero-order valence-electron chi connectivity index (χ0n) is 11.8. The average molecular weight is 264 g/mol. The third-order valence-corrected chi connectivity index (χ3v) is 2.71. The number of aliphatic hydroxyl groups excluding tert-OH is 1. The molecule has 1 aromatic rings. The van der Waals surface area contributed by atoms with Crippen LogP contribution in [0.3, 0.4) is 0 Å². The van der Waals surface area contributed by atoms with E-state index >= 15 is 0 Å². The summed E-state index contributed by atoms with van der Waals surface area (Å²) in [5.74, 6) is 1.93. The van der Waals surface area contributed by atoms with E-state index in [-0.39, 0.29) is 0 Å². The van der Waals surface area contributed by atoms with Crippen molar-refractivity contribution >= 4 is 0 Å². The van der Waals surface area contributed by atoms with Gasteiger partial charge in [0, 0.05) is 0 Å². The lowest BCUT2D eigenvalue weighted by Gasteiger charge is -2.15. The standard InChI is InChI=1S/C16H24O3/c1-4-11-18-15-7-5-6-8-16(15)19-12-14(17)10-9-13(2)3/h4-8,13-14,17H,1,9-12H2,2-3H3. The highest BCUT2D eigenvalue weighted by Gasteiger charge is 2.09. The first-order valence-corrected chi connectivity index (χ1v) is 6.77. The topological polar surface area (TPSA) is 38.7 Å². The molecule has 3 nitrogen and oxygen atoms in total. The van der Waals surface area contributed by atoms with E-state index in [0.717, 1.165) is 12.8 Å². The van der Waals surface area contributed by atoms with Gasteiger partial charge in [0.1, 0.15) is 13.2 Å². The van der Waals surface area contributed by atoms with Crippen LogP contribution in [-0.2, 0) is 0 Å². The Kier molecular flexibility index (Phi) is 7.04. The molecule has 0 amide bonds. The highest BCUT2D eigenvalue weighted by molar-refractivity contribution is 5.39. The van der Waals surface area contributed by atoms with Gasteiger partial charge in [0.25, 0.3) is 0 Å². The lowest BCUT2D eigenvalue weighted by Crippen LogP contribution is -2.18. The molecule has 0 aliphatic heterocycles. The van der Waals surface area contributed by atoms with E-state index < -0.39 is 6.10 Å². The molecule has 0 saturated heterocycles. The Balaban J connectivity index is 2.45. The maximum Gasteiger partial charge on any atom is 0.161 e. The minimum absolute atomic E-state index is 0.293. The molecular weight excluding hydrogens is 240 g/mol. The molecule has 0 fully saturated rings. The zero-order valence-corrected chi connectivity index (χ0v) is 11.8. The fourth-order valence-corrected chi connectivity index (χ4v) is 1.63. The van der Waals surface area contributed by atoms with Crippen LogP contribution in [0, 0.1) is 5.92 Å². The molecule has 0 aliphatic carbocycles. The van der Waals surface area contributed by atoms with E-state index in [1.54, 1.807) is 6.08 Å². The highest BCUT2D eigenvalue weighted by Crippen LogP contribution is 2.26. The molecular formula is C16H24O3. The van der Waals surface area contributed by atoms with Crippen molar-refractivity contribution in [2.24, 2.45) is 5.92 Å². The van der Waals surface area contributed by atoms with Crippen molar-refractivity contribution in [2.75, 3.05) is 13.2 Å². The lowest BCUT2D eigenvalue weighted by atomic mass is 10.1. The molecule has 19 heavy (non-hydrogen) atoms. The van der Waals surface area contributed by atoms with Gasteiger partial charge in [-0.25, -0.2) is 0 Å². The van der Waals surface area contributed by atoms with Crippen molar-refractivity contribution < 1.29 is 14.6 Å². The molecule has 0 heterocycles. The van der Waals surface area contributed by atoms with Gasteiger partial charge in [-0.05, 0) is 30.9 Å². The summed E-state index contributed by atoms with van der Waals surface area (Å²) in [6.45, 7) is 8.64. The monoisotopic (exact) mass is 264 g/mol. The summed E-state index contributed by atoms with van der Waals surface area (Å²) >= 11 is 0. The van der Waals surface area contributed by atoms with Crippen LogP contribution >= 0.6 is 0 Å². The van der Waals surface area contributed by atoms with Gasteiger partial charge >= 0.3 is 0 Å². The van der Waals surface area contributed by atoms with E-state index in [1.807, 2.05) is 24.3 Å². The molecule has 1 aromatic carbocycles. The Morgan fingerprint density at radius 3 is 2.37 bits per heavy atom. The lowest BCUT2D eigenvalue weighted by molar-refractivity contribution is 0.0932. The van der Waals surface area contributed by atoms with Gasteiger partial charge in [-0.3, -0.25) is 0 Å². The zero-order chi connectivity index (χ0) is 14.1. The summed E-state index contributed by atoms with van der Waals surface area (Å²) in [7, 11) is 0. The van der Waals surface area contributed by atoms with Gasteiger partial charge in [0.2, 0.25) is 0 Å². The van der Waals surface area contributed by atoms with Gasteiger partial charge in [-0.2, -0.15) is 0 Å². The number of ether oxygens (including phenoxy) is 2. The van der Waals surface area contributed by atoms with Crippen LogP contribution in [0.25, 0.3) is 0 Å². The molecule has 0 spiro atoms. The van der Waals surface area contributed by atoms with Crippen molar-refractivity contribution in [3.05, 3.63) is 36.9 Å². The van der Waals surface area contributed by atoms with Crippen molar-refractivity contribution in [1.82, 2.24) is 0 Å². The maximum absolute atomic E-state index is 9.84. The van der Waals surface area contributed by atoms with Crippen LogP contribution in [0.5, 0.6) is 11.5 Å². The predicted octanol–water partition coefficient (Wildman–Crippen LogP) is 3.43. The summed E-state index contributed by atoms with van der Waals surface area (Å²) in [6, 6.07) is 7.46. The van der Waals surface area contributed by atoms with E-state index in [4.69, 9.17) is 9.47 Å². The number of hydrogen-bond acceptors (Lipinski definition) is 3. The van der Waals surface area contributed by atoms with E-state index in [1.165, 1.54) is 0 Å². The highest BCUT2D eigenvalue weighted by atomic mass is 16.5. The number of para-hydroxylation sites is 2. The Bertz CT molecular complexity index is 374. The van der Waals surface area contributed by atoms with Gasteiger partial charge in [-0.1, -0.05) is 38.6 Å². The summed E-state index contributed by atoms with van der Waals surface area (Å²) < 4.78 is 11.1. The van der Waals surface area contributed by atoms with Crippen molar-refractivity contribution in [1.29, 1.82) is 0 Å². The van der Waals surface area contributed by atoms with E-state index in [0.29, 0.717) is 30.6 Å². The second kappa shape index (κ2) is 8.59. The van der Waals surface area contributed by atoms with Crippen LogP contribution in [0.2, 0.25) is 0 Å². The molecule has 1 N–H and O–H groups in total. The van der Waals surface area contributed by atoms with Crippen molar-refractivity contribution in [3.63, 3.8) is 0 Å². The molecule has 0 aliphatic rings. The molecule has 0 aromatic heterocycles. The Labute approximate surface area is 115 Å². The van der Waals surface area contributed by atoms with Crippen LogP contribution < -0.4 is 9.47 Å². The van der Waals surface area contributed by atoms with Gasteiger partial charge in [0.15, 0.2) is 11.5 Å². The number of rotatable bonds is 9. The Morgan fingerprint density at radius 1 is 1.16 bits per heavy atom. The van der Waals surface area contributed by atoms with Crippen LogP contribution in [0.15, 0.2) is 36.9 Å². The smallest absolute Gasteiger partial charge is 0.161 e. The first-order chi connectivity index (χ1) is 9.13. The molecule has 1 rings (SSSR count). The van der Waals surface area contributed by atoms with Crippen LogP contribution in [0.4, 0.5) is 0 Å². The second-order valence-corrected chi connectivity index (χ2v) is 4.98. The summed E-state index contributed by atoms with van der Waals surface area (Å²) in [5.41, 5.74) is 0. The first-order valence-electron chi connectivity index (χ1n) is 6.77. The molecule has 3 heteroatoms. The number of benzene rings is 1. The maximum atomic E-state index is 9.84. The largest absolute Gasteiger partial charge is 0.487 e.